The average Bonchev–Trinajstić information content (AvgIpc) is 2.57. The minimum atomic E-state index is 0.177. The lowest BCUT2D eigenvalue weighted by Crippen LogP contribution is -1.96. The zero-order chi connectivity index (χ0) is 16.7. The fraction of sp³-hybridized carbons (Fsp3) is 0.250. The van der Waals surface area contributed by atoms with Gasteiger partial charge in [-0.25, -0.2) is 0 Å². The van der Waals surface area contributed by atoms with Gasteiger partial charge in [-0.3, -0.25) is 4.99 Å². The minimum Gasteiger partial charge on any atom is -0.504 e. The number of hydrogen-bond donors (Lipinski definition) is 1. The number of hydrogen-bond acceptors (Lipinski definition) is 3. The van der Waals surface area contributed by atoms with E-state index in [-0.39, 0.29) is 5.75 Å². The number of rotatable bonds is 7. The number of phenols is 1. The molecule has 0 saturated carbocycles. The highest BCUT2D eigenvalue weighted by molar-refractivity contribution is 5.83. The molecular weight excluding hydrogens is 286 g/mol. The van der Waals surface area contributed by atoms with Gasteiger partial charge in [-0.15, -0.1) is 6.58 Å². The van der Waals surface area contributed by atoms with Gasteiger partial charge in [0.2, 0.25) is 0 Å². The summed E-state index contributed by atoms with van der Waals surface area (Å²) in [4.78, 5) is 4.50. The lowest BCUT2D eigenvalue weighted by molar-refractivity contribution is 0.317. The van der Waals surface area contributed by atoms with E-state index < -0.39 is 0 Å². The van der Waals surface area contributed by atoms with Crippen LogP contribution < -0.4 is 4.74 Å². The van der Waals surface area contributed by atoms with E-state index in [1.54, 1.807) is 18.4 Å². The molecule has 3 heteroatoms. The first kappa shape index (κ1) is 16.8. The molecule has 0 spiro atoms. The Hall–Kier alpha value is -2.55. The molecular formula is C20H23NO2. The van der Waals surface area contributed by atoms with Gasteiger partial charge in [0.05, 0.1) is 12.3 Å². The molecule has 0 bridgehead atoms. The summed E-state index contributed by atoms with van der Waals surface area (Å²) in [6.45, 7) is 8.25. The average molecular weight is 309 g/mol. The zero-order valence-corrected chi connectivity index (χ0v) is 13.7. The summed E-state index contributed by atoms with van der Waals surface area (Å²) in [6, 6.07) is 11.9. The van der Waals surface area contributed by atoms with Gasteiger partial charge in [-0.2, -0.15) is 0 Å². The lowest BCUT2D eigenvalue weighted by Gasteiger charge is -2.10. The van der Waals surface area contributed by atoms with Crippen LogP contribution in [0.25, 0.3) is 0 Å². The molecule has 0 aliphatic rings. The van der Waals surface area contributed by atoms with E-state index in [1.165, 1.54) is 5.56 Å². The van der Waals surface area contributed by atoms with Gasteiger partial charge in [0.1, 0.15) is 0 Å². The van der Waals surface area contributed by atoms with Crippen LogP contribution in [0.3, 0.4) is 0 Å². The van der Waals surface area contributed by atoms with Crippen LogP contribution in [0.5, 0.6) is 11.5 Å². The second-order valence-electron chi connectivity index (χ2n) is 5.23. The molecule has 0 saturated heterocycles. The molecule has 0 aliphatic heterocycles. The Bertz CT molecular complexity index is 688. The molecule has 0 heterocycles. The van der Waals surface area contributed by atoms with E-state index in [4.69, 9.17) is 4.74 Å². The van der Waals surface area contributed by atoms with E-state index in [2.05, 4.69) is 30.6 Å². The number of aliphatic imine (C=N–C) groups is 1. The summed E-state index contributed by atoms with van der Waals surface area (Å²) in [5.74, 6) is 0.658. The lowest BCUT2D eigenvalue weighted by atomic mass is 10.1. The SMILES string of the molecule is C=CCc1cc(C=Nc2ccc(CC)cc2)cc(OCC)c1O. The monoisotopic (exact) mass is 309 g/mol. The molecule has 1 N–H and O–H groups in total. The Morgan fingerprint density at radius 2 is 1.91 bits per heavy atom. The predicted octanol–water partition coefficient (Wildman–Crippen LogP) is 4.83. The Morgan fingerprint density at radius 1 is 1.17 bits per heavy atom. The van der Waals surface area contributed by atoms with Crippen molar-refractivity contribution in [1.29, 1.82) is 0 Å². The molecule has 0 radical (unpaired) electrons. The number of aryl methyl sites for hydroxylation is 1. The number of allylic oxidation sites excluding steroid dienone is 1. The molecule has 0 amide bonds. The molecule has 2 aromatic rings. The maximum atomic E-state index is 10.2. The highest BCUT2D eigenvalue weighted by Gasteiger charge is 2.09. The Kier molecular flexibility index (Phi) is 5.98. The second kappa shape index (κ2) is 8.18. The number of nitrogens with zero attached hydrogens (tertiary/aromatic N) is 1. The summed E-state index contributed by atoms with van der Waals surface area (Å²) in [7, 11) is 0. The maximum absolute atomic E-state index is 10.2. The number of benzene rings is 2. The molecule has 3 nitrogen and oxygen atoms in total. The molecule has 0 fully saturated rings. The van der Waals surface area contributed by atoms with Crippen LogP contribution >= 0.6 is 0 Å². The summed E-state index contributed by atoms with van der Waals surface area (Å²) in [5.41, 5.74) is 3.87. The van der Waals surface area contributed by atoms with Gasteiger partial charge in [-0.1, -0.05) is 25.1 Å². The van der Waals surface area contributed by atoms with Gasteiger partial charge in [0.25, 0.3) is 0 Å². The van der Waals surface area contributed by atoms with Gasteiger partial charge in [0.15, 0.2) is 11.5 Å². The van der Waals surface area contributed by atoms with Crippen molar-refractivity contribution in [3.8, 4) is 11.5 Å². The van der Waals surface area contributed by atoms with Crippen LogP contribution in [0, 0.1) is 0 Å². The van der Waals surface area contributed by atoms with Crippen molar-refractivity contribution in [2.45, 2.75) is 26.7 Å². The number of aromatic hydroxyl groups is 1. The summed E-state index contributed by atoms with van der Waals surface area (Å²) >= 11 is 0. The molecule has 2 rings (SSSR count). The molecule has 0 aliphatic carbocycles. The quantitative estimate of drug-likeness (QED) is 0.588. The molecule has 2 aromatic carbocycles. The van der Waals surface area contributed by atoms with Crippen LogP contribution in [0.1, 0.15) is 30.5 Å². The van der Waals surface area contributed by atoms with Crippen LogP contribution in [-0.2, 0) is 12.8 Å². The van der Waals surface area contributed by atoms with Crippen LogP contribution in [-0.4, -0.2) is 17.9 Å². The normalized spacial score (nSPS) is 10.9. The first-order chi connectivity index (χ1) is 11.2. The second-order valence-corrected chi connectivity index (χ2v) is 5.23. The third kappa shape index (κ3) is 4.46. The zero-order valence-electron chi connectivity index (χ0n) is 13.7. The van der Waals surface area contributed by atoms with Gasteiger partial charge in [0, 0.05) is 11.8 Å². The fourth-order valence-corrected chi connectivity index (χ4v) is 2.31. The van der Waals surface area contributed by atoms with Crippen molar-refractivity contribution in [2.24, 2.45) is 4.99 Å². The van der Waals surface area contributed by atoms with E-state index in [9.17, 15) is 5.11 Å². The van der Waals surface area contributed by atoms with Crippen LogP contribution in [0.2, 0.25) is 0 Å². The fourth-order valence-electron chi connectivity index (χ4n) is 2.31. The molecule has 0 unspecified atom stereocenters. The highest BCUT2D eigenvalue weighted by atomic mass is 16.5. The third-order valence-corrected chi connectivity index (χ3v) is 3.55. The van der Waals surface area contributed by atoms with Crippen molar-refractivity contribution in [1.82, 2.24) is 0 Å². The van der Waals surface area contributed by atoms with Crippen LogP contribution in [0.15, 0.2) is 54.0 Å². The maximum Gasteiger partial charge on any atom is 0.161 e. The molecule has 23 heavy (non-hydrogen) atoms. The van der Waals surface area contributed by atoms with Crippen molar-refractivity contribution in [3.05, 3.63) is 65.7 Å². The van der Waals surface area contributed by atoms with Gasteiger partial charge >= 0.3 is 0 Å². The molecule has 120 valence electrons. The van der Waals surface area contributed by atoms with Crippen LogP contribution in [0.4, 0.5) is 5.69 Å². The van der Waals surface area contributed by atoms with Crippen molar-refractivity contribution >= 4 is 11.9 Å². The van der Waals surface area contributed by atoms with Gasteiger partial charge in [-0.05, 0) is 55.2 Å². The first-order valence-corrected chi connectivity index (χ1v) is 7.90. The Balaban J connectivity index is 2.29. The standard InChI is InChI=1S/C20H23NO2/c1-4-7-17-12-16(13-19(20(17)22)23-6-3)14-21-18-10-8-15(5-2)9-11-18/h4,8-14,22H,1,5-7H2,2-3H3. The van der Waals surface area contributed by atoms with E-state index in [0.717, 1.165) is 23.2 Å². The number of phenolic OH excluding ortho intramolecular Hbond substituents is 1. The van der Waals surface area contributed by atoms with Crippen molar-refractivity contribution in [2.75, 3.05) is 6.61 Å². The molecule has 0 atom stereocenters. The van der Waals surface area contributed by atoms with E-state index in [1.807, 2.05) is 25.1 Å². The Labute approximate surface area is 138 Å². The van der Waals surface area contributed by atoms with E-state index in [0.29, 0.717) is 18.8 Å². The predicted molar refractivity (Wildman–Crippen MR) is 96.3 cm³/mol. The van der Waals surface area contributed by atoms with E-state index >= 15 is 0 Å². The highest BCUT2D eigenvalue weighted by Crippen LogP contribution is 2.32. The summed E-state index contributed by atoms with van der Waals surface area (Å²) in [5, 5.41) is 10.2. The first-order valence-electron chi connectivity index (χ1n) is 7.90. The number of ether oxygens (including phenoxy) is 1. The summed E-state index contributed by atoms with van der Waals surface area (Å²) < 4.78 is 5.50. The third-order valence-electron chi connectivity index (χ3n) is 3.55. The van der Waals surface area contributed by atoms with Crippen molar-refractivity contribution in [3.63, 3.8) is 0 Å². The largest absolute Gasteiger partial charge is 0.504 e. The minimum absolute atomic E-state index is 0.177. The molecule has 0 aromatic heterocycles. The summed E-state index contributed by atoms with van der Waals surface area (Å²) in [6.07, 6.45) is 5.15. The topological polar surface area (TPSA) is 41.8 Å². The Morgan fingerprint density at radius 3 is 2.52 bits per heavy atom. The van der Waals surface area contributed by atoms with Gasteiger partial charge < -0.3 is 9.84 Å². The van der Waals surface area contributed by atoms with Crippen molar-refractivity contribution < 1.29 is 9.84 Å². The smallest absolute Gasteiger partial charge is 0.161 e.